The molecule has 2 aromatic carbocycles. The molecular weight excluding hydrogens is 412 g/mol. The van der Waals surface area contributed by atoms with Crippen molar-refractivity contribution < 1.29 is 14.3 Å². The summed E-state index contributed by atoms with van der Waals surface area (Å²) in [5.74, 6) is -0.719. The number of carbonyl (C=O) groups is 2. The number of hydrogen-bond donors (Lipinski definition) is 2. The zero-order valence-corrected chi connectivity index (χ0v) is 19.1. The second-order valence-corrected chi connectivity index (χ2v) is 8.13. The Morgan fingerprint density at radius 2 is 1.65 bits per heavy atom. The molecule has 2 N–H and O–H groups in total. The summed E-state index contributed by atoms with van der Waals surface area (Å²) in [6, 6.07) is 10.8. The van der Waals surface area contributed by atoms with Crippen LogP contribution >= 0.6 is 12.2 Å². The van der Waals surface area contributed by atoms with Crippen LogP contribution in [0.1, 0.15) is 31.8 Å². The molecule has 1 saturated heterocycles. The van der Waals surface area contributed by atoms with E-state index in [4.69, 9.17) is 17.0 Å². The predicted octanol–water partition coefficient (Wildman–Crippen LogP) is 2.97. The van der Waals surface area contributed by atoms with Gasteiger partial charge in [0.25, 0.3) is 5.91 Å². The average molecular weight is 441 g/mol. The van der Waals surface area contributed by atoms with Gasteiger partial charge < -0.3 is 19.9 Å². The Morgan fingerprint density at radius 3 is 2.29 bits per heavy atom. The fourth-order valence-corrected chi connectivity index (χ4v) is 3.62. The van der Waals surface area contributed by atoms with E-state index in [1.54, 1.807) is 18.2 Å². The number of esters is 1. The predicted molar refractivity (Wildman–Crippen MR) is 127 cm³/mol. The fraction of sp³-hybridized carbons (Fsp3) is 0.348. The lowest BCUT2D eigenvalue weighted by Gasteiger charge is -2.35. The minimum absolute atomic E-state index is 0.167. The van der Waals surface area contributed by atoms with Gasteiger partial charge in [0.1, 0.15) is 0 Å². The molecule has 1 amide bonds. The van der Waals surface area contributed by atoms with Crippen LogP contribution in [0.25, 0.3) is 0 Å². The van der Waals surface area contributed by atoms with Gasteiger partial charge in [-0.3, -0.25) is 10.1 Å². The van der Waals surface area contributed by atoms with Crippen LogP contribution in [0, 0.1) is 13.8 Å². The molecule has 0 aromatic heterocycles. The minimum Gasteiger partial charge on any atom is -0.465 e. The van der Waals surface area contributed by atoms with Gasteiger partial charge >= 0.3 is 5.97 Å². The molecule has 0 radical (unpaired) electrons. The van der Waals surface area contributed by atoms with Crippen LogP contribution in [-0.2, 0) is 4.74 Å². The molecule has 1 aliphatic heterocycles. The zero-order chi connectivity index (χ0) is 22.5. The number of carbonyl (C=O) groups excluding carboxylic acids is 2. The SMILES string of the molecule is COC(=O)c1ccc(N2CCN(C)CC2)c(NC(=S)NC(=O)c2ccc(C)c(C)c2)c1. The van der Waals surface area contributed by atoms with E-state index in [0.717, 1.165) is 43.0 Å². The van der Waals surface area contributed by atoms with Gasteiger partial charge in [-0.2, -0.15) is 0 Å². The number of benzene rings is 2. The van der Waals surface area contributed by atoms with E-state index < -0.39 is 5.97 Å². The van der Waals surface area contributed by atoms with E-state index in [1.807, 2.05) is 32.0 Å². The monoisotopic (exact) mass is 440 g/mol. The van der Waals surface area contributed by atoms with Gasteiger partial charge in [-0.1, -0.05) is 6.07 Å². The number of nitrogens with zero attached hydrogens (tertiary/aromatic N) is 2. The van der Waals surface area contributed by atoms with Crippen LogP contribution in [-0.4, -0.2) is 62.2 Å². The number of aryl methyl sites for hydroxylation is 2. The Bertz CT molecular complexity index is 1000. The van der Waals surface area contributed by atoms with Gasteiger partial charge in [-0.05, 0) is 74.6 Å². The van der Waals surface area contributed by atoms with E-state index in [-0.39, 0.29) is 11.0 Å². The van der Waals surface area contributed by atoms with Crippen molar-refractivity contribution in [3.05, 3.63) is 58.7 Å². The van der Waals surface area contributed by atoms with E-state index in [2.05, 4.69) is 27.5 Å². The summed E-state index contributed by atoms with van der Waals surface area (Å²) in [5.41, 5.74) is 4.67. The van der Waals surface area contributed by atoms with Crippen molar-refractivity contribution >= 4 is 40.6 Å². The second-order valence-electron chi connectivity index (χ2n) is 7.72. The number of amides is 1. The standard InChI is InChI=1S/C23H28N4O3S/c1-15-5-6-17(13-16(15)2)21(28)25-23(31)24-19-14-18(22(29)30-4)7-8-20(19)27-11-9-26(3)10-12-27/h5-8,13-14H,9-12H2,1-4H3,(H2,24,25,28,31). The number of thiocarbonyl (C=S) groups is 1. The summed E-state index contributed by atoms with van der Waals surface area (Å²) < 4.78 is 4.85. The van der Waals surface area contributed by atoms with Crippen molar-refractivity contribution in [2.24, 2.45) is 0 Å². The summed E-state index contributed by atoms with van der Waals surface area (Å²) in [6.45, 7) is 7.54. The molecule has 8 heteroatoms. The van der Waals surface area contributed by atoms with Crippen molar-refractivity contribution in [1.82, 2.24) is 10.2 Å². The van der Waals surface area contributed by atoms with Crippen LogP contribution in [0.4, 0.5) is 11.4 Å². The Kier molecular flexibility index (Phi) is 7.25. The molecule has 1 aliphatic rings. The number of hydrogen-bond acceptors (Lipinski definition) is 6. The van der Waals surface area contributed by atoms with Crippen molar-refractivity contribution in [3.63, 3.8) is 0 Å². The number of anilines is 2. The first-order valence-corrected chi connectivity index (χ1v) is 10.5. The average Bonchev–Trinajstić information content (AvgIpc) is 2.75. The molecule has 2 aromatic rings. The highest BCUT2D eigenvalue weighted by Crippen LogP contribution is 2.28. The third-order valence-electron chi connectivity index (χ3n) is 5.51. The van der Waals surface area contributed by atoms with Crippen LogP contribution in [0.3, 0.4) is 0 Å². The van der Waals surface area contributed by atoms with Crippen molar-refractivity contribution in [2.45, 2.75) is 13.8 Å². The number of piperazine rings is 1. The Labute approximate surface area is 188 Å². The zero-order valence-electron chi connectivity index (χ0n) is 18.3. The van der Waals surface area contributed by atoms with Crippen LogP contribution in [0.2, 0.25) is 0 Å². The number of rotatable bonds is 4. The van der Waals surface area contributed by atoms with E-state index >= 15 is 0 Å². The minimum atomic E-state index is -0.432. The first kappa shape index (κ1) is 22.7. The van der Waals surface area contributed by atoms with Crippen molar-refractivity contribution in [3.8, 4) is 0 Å². The smallest absolute Gasteiger partial charge is 0.337 e. The van der Waals surface area contributed by atoms with Gasteiger partial charge in [0.15, 0.2) is 5.11 Å². The molecule has 1 heterocycles. The van der Waals surface area contributed by atoms with E-state index in [9.17, 15) is 9.59 Å². The molecule has 164 valence electrons. The molecule has 3 rings (SSSR count). The lowest BCUT2D eigenvalue weighted by atomic mass is 10.1. The maximum absolute atomic E-state index is 12.6. The lowest BCUT2D eigenvalue weighted by molar-refractivity contribution is 0.0600. The normalized spacial score (nSPS) is 14.1. The van der Waals surface area contributed by atoms with E-state index in [1.165, 1.54) is 7.11 Å². The molecule has 31 heavy (non-hydrogen) atoms. The molecule has 0 atom stereocenters. The molecule has 0 aliphatic carbocycles. The first-order valence-electron chi connectivity index (χ1n) is 10.1. The summed E-state index contributed by atoms with van der Waals surface area (Å²) in [7, 11) is 3.44. The van der Waals surface area contributed by atoms with Gasteiger partial charge in [0.2, 0.25) is 0 Å². The largest absolute Gasteiger partial charge is 0.465 e. The summed E-state index contributed by atoms with van der Waals surface area (Å²) in [4.78, 5) is 29.2. The highest BCUT2D eigenvalue weighted by atomic mass is 32.1. The second kappa shape index (κ2) is 9.89. The molecule has 0 spiro atoms. The topological polar surface area (TPSA) is 73.9 Å². The summed E-state index contributed by atoms with van der Waals surface area (Å²) in [5, 5.41) is 6.00. The lowest BCUT2D eigenvalue weighted by Crippen LogP contribution is -2.45. The highest BCUT2D eigenvalue weighted by Gasteiger charge is 2.20. The molecule has 7 nitrogen and oxygen atoms in total. The Balaban J connectivity index is 1.80. The van der Waals surface area contributed by atoms with Crippen LogP contribution in [0.15, 0.2) is 36.4 Å². The quantitative estimate of drug-likeness (QED) is 0.559. The third-order valence-corrected chi connectivity index (χ3v) is 5.71. The number of likely N-dealkylation sites (N-methyl/N-ethyl adjacent to an activating group) is 1. The Morgan fingerprint density at radius 1 is 0.968 bits per heavy atom. The van der Waals surface area contributed by atoms with Gasteiger partial charge in [0.05, 0.1) is 24.0 Å². The molecule has 0 saturated carbocycles. The number of ether oxygens (including phenoxy) is 1. The molecule has 1 fully saturated rings. The van der Waals surface area contributed by atoms with Gasteiger partial charge in [0, 0.05) is 31.7 Å². The van der Waals surface area contributed by atoms with Crippen LogP contribution in [0.5, 0.6) is 0 Å². The highest BCUT2D eigenvalue weighted by molar-refractivity contribution is 7.80. The number of methoxy groups -OCH3 is 1. The maximum Gasteiger partial charge on any atom is 0.337 e. The Hall–Kier alpha value is -2.97. The van der Waals surface area contributed by atoms with Crippen LogP contribution < -0.4 is 15.5 Å². The van der Waals surface area contributed by atoms with Gasteiger partial charge in [-0.25, -0.2) is 4.79 Å². The maximum atomic E-state index is 12.6. The first-order chi connectivity index (χ1) is 14.8. The van der Waals surface area contributed by atoms with Gasteiger partial charge in [-0.15, -0.1) is 0 Å². The third kappa shape index (κ3) is 5.59. The molecule has 0 bridgehead atoms. The van der Waals surface area contributed by atoms with E-state index in [0.29, 0.717) is 16.8 Å². The molecule has 0 unspecified atom stereocenters. The molecular formula is C23H28N4O3S. The van der Waals surface area contributed by atoms with Crippen molar-refractivity contribution in [1.29, 1.82) is 0 Å². The summed E-state index contributed by atoms with van der Waals surface area (Å²) in [6.07, 6.45) is 0. The summed E-state index contributed by atoms with van der Waals surface area (Å²) >= 11 is 5.40. The van der Waals surface area contributed by atoms with Crippen molar-refractivity contribution in [2.75, 3.05) is 50.6 Å². The number of nitrogens with one attached hydrogen (secondary N) is 2. The fourth-order valence-electron chi connectivity index (χ4n) is 3.42.